The predicted octanol–water partition coefficient (Wildman–Crippen LogP) is 3.14. The summed E-state index contributed by atoms with van der Waals surface area (Å²) >= 11 is 6.92. The third-order valence-corrected chi connectivity index (χ3v) is 3.99. The monoisotopic (exact) mass is 294 g/mol. The van der Waals surface area contributed by atoms with E-state index in [4.69, 9.17) is 16.7 Å². The SMILES string of the molecule is O=C(O)c1sc(-n2cnc3ccc(Cl)cc32)cc1O. The van der Waals surface area contributed by atoms with E-state index in [0.717, 1.165) is 22.4 Å². The van der Waals surface area contributed by atoms with Gasteiger partial charge in [-0.15, -0.1) is 11.3 Å². The number of hydrogen-bond acceptors (Lipinski definition) is 4. The molecule has 2 heterocycles. The van der Waals surface area contributed by atoms with Gasteiger partial charge in [0.25, 0.3) is 0 Å². The van der Waals surface area contributed by atoms with Crippen LogP contribution >= 0.6 is 22.9 Å². The summed E-state index contributed by atoms with van der Waals surface area (Å²) in [5.41, 5.74) is 1.50. The van der Waals surface area contributed by atoms with E-state index >= 15 is 0 Å². The van der Waals surface area contributed by atoms with Crippen molar-refractivity contribution in [2.24, 2.45) is 0 Å². The van der Waals surface area contributed by atoms with Crippen molar-refractivity contribution in [3.05, 3.63) is 40.5 Å². The van der Waals surface area contributed by atoms with E-state index in [-0.39, 0.29) is 10.6 Å². The van der Waals surface area contributed by atoms with Crippen LogP contribution in [0.4, 0.5) is 0 Å². The number of halogens is 1. The maximum absolute atomic E-state index is 10.9. The van der Waals surface area contributed by atoms with E-state index in [0.29, 0.717) is 10.0 Å². The van der Waals surface area contributed by atoms with Gasteiger partial charge in [0.15, 0.2) is 4.88 Å². The predicted molar refractivity (Wildman–Crippen MR) is 72.6 cm³/mol. The van der Waals surface area contributed by atoms with E-state index in [9.17, 15) is 9.90 Å². The first-order chi connectivity index (χ1) is 9.06. The van der Waals surface area contributed by atoms with Crippen LogP contribution in [-0.2, 0) is 0 Å². The number of aromatic carboxylic acids is 1. The Balaban J connectivity index is 2.21. The number of aromatic nitrogens is 2. The number of aromatic hydroxyl groups is 1. The molecule has 0 atom stereocenters. The fourth-order valence-electron chi connectivity index (χ4n) is 1.80. The number of fused-ring (bicyclic) bond motifs is 1. The summed E-state index contributed by atoms with van der Waals surface area (Å²) < 4.78 is 1.69. The van der Waals surface area contributed by atoms with Crippen molar-refractivity contribution in [2.75, 3.05) is 0 Å². The van der Waals surface area contributed by atoms with Crippen molar-refractivity contribution in [1.29, 1.82) is 0 Å². The second-order valence-corrected chi connectivity index (χ2v) is 5.32. The van der Waals surface area contributed by atoms with Crippen LogP contribution in [0.3, 0.4) is 0 Å². The third kappa shape index (κ3) is 1.94. The average Bonchev–Trinajstić information content (AvgIpc) is 2.91. The lowest BCUT2D eigenvalue weighted by atomic mass is 10.3. The molecule has 1 aromatic carbocycles. The molecule has 19 heavy (non-hydrogen) atoms. The number of carboxylic acid groups (broad SMARTS) is 1. The maximum atomic E-state index is 10.9. The number of imidazole rings is 1. The number of thiophene rings is 1. The van der Waals surface area contributed by atoms with Gasteiger partial charge in [0.1, 0.15) is 17.1 Å². The Labute approximate surface area is 116 Å². The van der Waals surface area contributed by atoms with E-state index in [2.05, 4.69) is 4.98 Å². The smallest absolute Gasteiger partial charge is 0.349 e. The first-order valence-corrected chi connectivity index (χ1v) is 6.45. The van der Waals surface area contributed by atoms with Crippen LogP contribution in [0.5, 0.6) is 5.75 Å². The zero-order valence-electron chi connectivity index (χ0n) is 9.37. The number of rotatable bonds is 2. The van der Waals surface area contributed by atoms with Gasteiger partial charge in [0.2, 0.25) is 0 Å². The van der Waals surface area contributed by atoms with Gasteiger partial charge in [0.05, 0.1) is 11.0 Å². The van der Waals surface area contributed by atoms with Gasteiger partial charge >= 0.3 is 5.97 Å². The molecule has 96 valence electrons. The minimum atomic E-state index is -1.16. The summed E-state index contributed by atoms with van der Waals surface area (Å²) in [7, 11) is 0. The van der Waals surface area contributed by atoms with Crippen molar-refractivity contribution < 1.29 is 15.0 Å². The lowest BCUT2D eigenvalue weighted by molar-refractivity contribution is 0.0699. The fraction of sp³-hybridized carbons (Fsp3) is 0. The lowest BCUT2D eigenvalue weighted by Gasteiger charge is -1.99. The summed E-state index contributed by atoms with van der Waals surface area (Å²) in [4.78, 5) is 15.0. The van der Waals surface area contributed by atoms with Gasteiger partial charge < -0.3 is 10.2 Å². The Hall–Kier alpha value is -2.05. The summed E-state index contributed by atoms with van der Waals surface area (Å²) in [6.07, 6.45) is 1.57. The van der Waals surface area contributed by atoms with E-state index < -0.39 is 5.97 Å². The molecule has 0 bridgehead atoms. The highest BCUT2D eigenvalue weighted by atomic mass is 35.5. The van der Waals surface area contributed by atoms with E-state index in [1.807, 2.05) is 0 Å². The molecule has 0 amide bonds. The van der Waals surface area contributed by atoms with Gasteiger partial charge in [-0.1, -0.05) is 11.6 Å². The number of benzene rings is 1. The zero-order valence-corrected chi connectivity index (χ0v) is 10.9. The maximum Gasteiger partial charge on any atom is 0.349 e. The number of carboxylic acids is 1. The van der Waals surface area contributed by atoms with Crippen molar-refractivity contribution in [2.45, 2.75) is 0 Å². The number of carbonyl (C=O) groups is 1. The molecule has 0 aliphatic rings. The molecule has 3 rings (SSSR count). The van der Waals surface area contributed by atoms with Crippen LogP contribution < -0.4 is 0 Å². The lowest BCUT2D eigenvalue weighted by Crippen LogP contribution is -1.91. The molecular formula is C12H7ClN2O3S. The molecule has 5 nitrogen and oxygen atoms in total. The molecule has 0 fully saturated rings. The van der Waals surface area contributed by atoms with E-state index in [1.54, 1.807) is 29.1 Å². The largest absolute Gasteiger partial charge is 0.506 e. The number of hydrogen-bond donors (Lipinski definition) is 2. The molecule has 0 unspecified atom stereocenters. The van der Waals surface area contributed by atoms with Crippen molar-refractivity contribution in [1.82, 2.24) is 9.55 Å². The van der Waals surface area contributed by atoms with E-state index in [1.165, 1.54) is 6.07 Å². The molecule has 0 aliphatic heterocycles. The van der Waals surface area contributed by atoms with Gasteiger partial charge in [-0.05, 0) is 18.2 Å². The first kappa shape index (κ1) is 12.0. The minimum Gasteiger partial charge on any atom is -0.506 e. The average molecular weight is 295 g/mol. The summed E-state index contributed by atoms with van der Waals surface area (Å²) in [5, 5.41) is 19.7. The fourth-order valence-corrected chi connectivity index (χ4v) is 2.84. The van der Waals surface area contributed by atoms with Crippen LogP contribution in [0, 0.1) is 0 Å². The number of nitrogens with zero attached hydrogens (tertiary/aromatic N) is 2. The van der Waals surface area contributed by atoms with Crippen molar-refractivity contribution >= 4 is 39.9 Å². The Morgan fingerprint density at radius 1 is 1.37 bits per heavy atom. The summed E-state index contributed by atoms with van der Waals surface area (Å²) in [5.74, 6) is -1.41. The van der Waals surface area contributed by atoms with Crippen LogP contribution in [0.1, 0.15) is 9.67 Å². The standard InChI is InChI=1S/C12H7ClN2O3S/c13-6-1-2-7-8(3-6)15(5-14-7)10-4-9(16)11(19-10)12(17)18/h1-5,16H,(H,17,18). The van der Waals surface area contributed by atoms with Crippen LogP contribution in [0.15, 0.2) is 30.6 Å². The molecule has 2 aromatic heterocycles. The van der Waals surface area contributed by atoms with Crippen LogP contribution in [0.25, 0.3) is 16.0 Å². The van der Waals surface area contributed by atoms with Crippen molar-refractivity contribution in [3.8, 4) is 10.8 Å². The summed E-state index contributed by atoms with van der Waals surface area (Å²) in [6, 6.07) is 6.65. The zero-order chi connectivity index (χ0) is 13.6. The van der Waals surface area contributed by atoms with Gasteiger partial charge in [-0.25, -0.2) is 9.78 Å². The third-order valence-electron chi connectivity index (χ3n) is 2.64. The first-order valence-electron chi connectivity index (χ1n) is 5.25. The minimum absolute atomic E-state index is 0.0983. The van der Waals surface area contributed by atoms with Gasteiger partial charge in [0, 0.05) is 11.1 Å². The second-order valence-electron chi connectivity index (χ2n) is 3.85. The Bertz CT molecular complexity index is 793. The van der Waals surface area contributed by atoms with Gasteiger partial charge in [-0.3, -0.25) is 4.57 Å². The molecular weight excluding hydrogens is 288 g/mol. The summed E-state index contributed by atoms with van der Waals surface area (Å²) in [6.45, 7) is 0. The highest BCUT2D eigenvalue weighted by Crippen LogP contribution is 2.33. The van der Waals surface area contributed by atoms with Gasteiger partial charge in [-0.2, -0.15) is 0 Å². The van der Waals surface area contributed by atoms with Crippen LogP contribution in [-0.4, -0.2) is 25.7 Å². The Morgan fingerprint density at radius 3 is 2.84 bits per heavy atom. The highest BCUT2D eigenvalue weighted by molar-refractivity contribution is 7.16. The molecule has 7 heteroatoms. The topological polar surface area (TPSA) is 75.3 Å². The van der Waals surface area contributed by atoms with Crippen molar-refractivity contribution in [3.63, 3.8) is 0 Å². The van der Waals surface area contributed by atoms with Crippen LogP contribution in [0.2, 0.25) is 5.02 Å². The quantitative estimate of drug-likeness (QED) is 0.761. The molecule has 0 saturated heterocycles. The molecule has 0 spiro atoms. The molecule has 2 N–H and O–H groups in total. The Kier molecular flexibility index (Phi) is 2.69. The normalized spacial score (nSPS) is 11.0. The molecule has 3 aromatic rings. The molecule has 0 saturated carbocycles. The molecule has 0 aliphatic carbocycles. The highest BCUT2D eigenvalue weighted by Gasteiger charge is 2.16. The molecule has 0 radical (unpaired) electrons. The Morgan fingerprint density at radius 2 is 2.16 bits per heavy atom. The second kappa shape index (κ2) is 4.25.